The molecule has 144 valence electrons. The van der Waals surface area contributed by atoms with Gasteiger partial charge in [0.2, 0.25) is 5.91 Å². The van der Waals surface area contributed by atoms with Crippen molar-refractivity contribution in [2.45, 2.75) is 58.6 Å². The molecule has 0 aromatic heterocycles. The highest BCUT2D eigenvalue weighted by molar-refractivity contribution is 5.75. The van der Waals surface area contributed by atoms with Crippen molar-refractivity contribution in [3.05, 3.63) is 35.4 Å². The predicted octanol–water partition coefficient (Wildman–Crippen LogP) is 3.62. The number of carbonyl (C=O) groups excluding carboxylic acids is 1. The zero-order valence-electron chi connectivity index (χ0n) is 16.5. The van der Waals surface area contributed by atoms with Gasteiger partial charge in [-0.05, 0) is 62.7 Å². The lowest BCUT2D eigenvalue weighted by Crippen LogP contribution is -2.43. The highest BCUT2D eigenvalue weighted by Crippen LogP contribution is 2.22. The lowest BCUT2D eigenvalue weighted by molar-refractivity contribution is -0.133. The second kappa shape index (κ2) is 9.52. The summed E-state index contributed by atoms with van der Waals surface area (Å²) in [7, 11) is 0. The molecule has 1 amide bonds. The van der Waals surface area contributed by atoms with E-state index < -0.39 is 0 Å². The van der Waals surface area contributed by atoms with Crippen LogP contribution in [0.4, 0.5) is 0 Å². The van der Waals surface area contributed by atoms with Crippen LogP contribution in [0.1, 0.15) is 50.2 Å². The summed E-state index contributed by atoms with van der Waals surface area (Å²) in [6.45, 7) is 10.0. The van der Waals surface area contributed by atoms with Crippen LogP contribution in [0.25, 0.3) is 0 Å². The molecule has 0 radical (unpaired) electrons. The lowest BCUT2D eigenvalue weighted by atomic mass is 9.95. The van der Waals surface area contributed by atoms with Crippen LogP contribution in [0.15, 0.2) is 24.3 Å². The number of carbonyl (C=O) groups is 1. The summed E-state index contributed by atoms with van der Waals surface area (Å²) in [5.41, 5.74) is 2.82. The van der Waals surface area contributed by atoms with Gasteiger partial charge >= 0.3 is 0 Å². The van der Waals surface area contributed by atoms with Gasteiger partial charge in [-0.1, -0.05) is 31.2 Å². The van der Waals surface area contributed by atoms with E-state index in [1.807, 2.05) is 6.92 Å². The molecule has 1 aromatic carbocycles. The normalized spacial score (nSPS) is 21.8. The van der Waals surface area contributed by atoms with Gasteiger partial charge in [0, 0.05) is 32.7 Å². The van der Waals surface area contributed by atoms with Gasteiger partial charge < -0.3 is 9.64 Å². The Bertz CT molecular complexity index is 575. The van der Waals surface area contributed by atoms with E-state index in [4.69, 9.17) is 4.74 Å². The Kier molecular flexibility index (Phi) is 7.09. The Balaban J connectivity index is 1.48. The average molecular weight is 359 g/mol. The van der Waals surface area contributed by atoms with E-state index in [2.05, 4.69) is 41.0 Å². The number of hydrogen-bond donors (Lipinski definition) is 0. The minimum atomic E-state index is 0.256. The number of amides is 1. The van der Waals surface area contributed by atoms with Crippen LogP contribution < -0.4 is 0 Å². The Morgan fingerprint density at radius 3 is 2.62 bits per heavy atom. The molecule has 0 N–H and O–H groups in total. The molecule has 4 nitrogen and oxygen atoms in total. The number of nitrogens with zero attached hydrogens (tertiary/aromatic N) is 2. The number of ether oxygens (including phenoxy) is 1. The fourth-order valence-electron chi connectivity index (χ4n) is 4.20. The van der Waals surface area contributed by atoms with Gasteiger partial charge in [-0.3, -0.25) is 9.69 Å². The molecule has 4 heteroatoms. The molecule has 2 saturated heterocycles. The third kappa shape index (κ3) is 5.31. The lowest BCUT2D eigenvalue weighted by Gasteiger charge is -2.35. The molecule has 1 unspecified atom stereocenters. The zero-order valence-corrected chi connectivity index (χ0v) is 16.5. The molecule has 0 spiro atoms. The molecule has 2 fully saturated rings. The second-order valence-corrected chi connectivity index (χ2v) is 7.93. The maximum absolute atomic E-state index is 12.4. The number of likely N-dealkylation sites (tertiary alicyclic amines) is 1. The summed E-state index contributed by atoms with van der Waals surface area (Å²) < 4.78 is 5.76. The maximum atomic E-state index is 12.4. The monoisotopic (exact) mass is 358 g/mol. The summed E-state index contributed by atoms with van der Waals surface area (Å²) >= 11 is 0. The largest absolute Gasteiger partial charge is 0.376 e. The van der Waals surface area contributed by atoms with Crippen LogP contribution in [0.2, 0.25) is 0 Å². The van der Waals surface area contributed by atoms with E-state index in [-0.39, 0.29) is 12.0 Å². The first-order valence-electron chi connectivity index (χ1n) is 10.3. The Morgan fingerprint density at radius 1 is 1.19 bits per heavy atom. The molecule has 2 aliphatic heterocycles. The SMILES string of the molecule is CCC(=O)N(CC1CCN(Cc2ccccc2C)CC1)CC1CCCO1. The molecule has 0 bridgehead atoms. The molecule has 2 aliphatic rings. The minimum Gasteiger partial charge on any atom is -0.376 e. The summed E-state index contributed by atoms with van der Waals surface area (Å²) in [4.78, 5) is 17.0. The van der Waals surface area contributed by atoms with Crippen molar-refractivity contribution in [2.24, 2.45) is 5.92 Å². The van der Waals surface area contributed by atoms with Crippen molar-refractivity contribution in [3.63, 3.8) is 0 Å². The van der Waals surface area contributed by atoms with Crippen LogP contribution in [0, 0.1) is 12.8 Å². The van der Waals surface area contributed by atoms with Gasteiger partial charge in [0.05, 0.1) is 6.10 Å². The number of piperidine rings is 1. The smallest absolute Gasteiger partial charge is 0.222 e. The molecule has 26 heavy (non-hydrogen) atoms. The van der Waals surface area contributed by atoms with E-state index in [1.54, 1.807) is 0 Å². The van der Waals surface area contributed by atoms with Gasteiger partial charge in [0.1, 0.15) is 0 Å². The van der Waals surface area contributed by atoms with Gasteiger partial charge in [-0.2, -0.15) is 0 Å². The number of hydrogen-bond acceptors (Lipinski definition) is 3. The topological polar surface area (TPSA) is 32.8 Å². The molecule has 2 heterocycles. The van der Waals surface area contributed by atoms with Crippen molar-refractivity contribution < 1.29 is 9.53 Å². The summed E-state index contributed by atoms with van der Waals surface area (Å²) in [5.74, 6) is 0.905. The first kappa shape index (κ1) is 19.4. The highest BCUT2D eigenvalue weighted by Gasteiger charge is 2.26. The van der Waals surface area contributed by atoms with Crippen molar-refractivity contribution in [3.8, 4) is 0 Å². The maximum Gasteiger partial charge on any atom is 0.222 e. The third-order valence-corrected chi connectivity index (χ3v) is 5.94. The Morgan fingerprint density at radius 2 is 1.96 bits per heavy atom. The van der Waals surface area contributed by atoms with Crippen molar-refractivity contribution in [2.75, 3.05) is 32.8 Å². The van der Waals surface area contributed by atoms with Crippen molar-refractivity contribution in [1.82, 2.24) is 9.80 Å². The predicted molar refractivity (Wildman–Crippen MR) is 105 cm³/mol. The summed E-state index contributed by atoms with van der Waals surface area (Å²) in [6.07, 6.45) is 5.46. The van der Waals surface area contributed by atoms with Gasteiger partial charge in [-0.25, -0.2) is 0 Å². The second-order valence-electron chi connectivity index (χ2n) is 7.93. The fourth-order valence-corrected chi connectivity index (χ4v) is 4.20. The van der Waals surface area contributed by atoms with Crippen LogP contribution in [-0.4, -0.2) is 54.6 Å². The first-order valence-corrected chi connectivity index (χ1v) is 10.3. The third-order valence-electron chi connectivity index (χ3n) is 5.94. The first-order chi connectivity index (χ1) is 12.7. The van der Waals surface area contributed by atoms with E-state index in [0.29, 0.717) is 12.3 Å². The summed E-state index contributed by atoms with van der Waals surface area (Å²) in [5, 5.41) is 0. The highest BCUT2D eigenvalue weighted by atomic mass is 16.5. The fraction of sp³-hybridized carbons (Fsp3) is 0.682. The summed E-state index contributed by atoms with van der Waals surface area (Å²) in [6, 6.07) is 8.68. The quantitative estimate of drug-likeness (QED) is 0.746. The van der Waals surface area contributed by atoms with Crippen molar-refractivity contribution in [1.29, 1.82) is 0 Å². The van der Waals surface area contributed by atoms with Crippen LogP contribution in [0.3, 0.4) is 0 Å². The van der Waals surface area contributed by atoms with Crippen LogP contribution in [0.5, 0.6) is 0 Å². The van der Waals surface area contributed by atoms with Crippen LogP contribution in [-0.2, 0) is 16.1 Å². The Labute approximate surface area is 158 Å². The van der Waals surface area contributed by atoms with E-state index in [0.717, 1.165) is 52.2 Å². The molecule has 3 rings (SSSR count). The van der Waals surface area contributed by atoms with E-state index in [9.17, 15) is 4.79 Å². The zero-order chi connectivity index (χ0) is 18.4. The standard InChI is InChI=1S/C22H34N2O2/c1-3-22(25)24(17-21-9-6-14-26-21)15-19-10-12-23(13-11-19)16-20-8-5-4-7-18(20)2/h4-5,7-8,19,21H,3,6,9-17H2,1-2H3. The Hall–Kier alpha value is -1.39. The molecular formula is C22H34N2O2. The van der Waals surface area contributed by atoms with Crippen LogP contribution >= 0.6 is 0 Å². The van der Waals surface area contributed by atoms with Gasteiger partial charge in [0.15, 0.2) is 0 Å². The molecule has 1 atom stereocenters. The number of rotatable bonds is 7. The molecule has 0 aliphatic carbocycles. The van der Waals surface area contributed by atoms with Gasteiger partial charge in [-0.15, -0.1) is 0 Å². The number of benzene rings is 1. The van der Waals surface area contributed by atoms with E-state index in [1.165, 1.54) is 24.0 Å². The minimum absolute atomic E-state index is 0.256. The van der Waals surface area contributed by atoms with Gasteiger partial charge in [0.25, 0.3) is 0 Å². The average Bonchev–Trinajstić information content (AvgIpc) is 3.17. The molecule has 1 aromatic rings. The molecule has 0 saturated carbocycles. The van der Waals surface area contributed by atoms with Crippen molar-refractivity contribution >= 4 is 5.91 Å². The number of aryl methyl sites for hydroxylation is 1. The molecular weight excluding hydrogens is 324 g/mol. The van der Waals surface area contributed by atoms with E-state index >= 15 is 0 Å².